The van der Waals surface area contributed by atoms with Crippen molar-refractivity contribution < 1.29 is 9.18 Å². The van der Waals surface area contributed by atoms with E-state index in [0.29, 0.717) is 6.54 Å². The Kier molecular flexibility index (Phi) is 5.71. The van der Waals surface area contributed by atoms with Gasteiger partial charge in [0, 0.05) is 36.0 Å². The number of aromatic amines is 1. The monoisotopic (exact) mass is 386 g/mol. The molecule has 0 aliphatic carbocycles. The Morgan fingerprint density at radius 1 is 0.966 bits per heavy atom. The van der Waals surface area contributed by atoms with Crippen molar-refractivity contribution in [3.8, 4) is 0 Å². The molecule has 0 fully saturated rings. The largest absolute Gasteiger partial charge is 0.361 e. The van der Waals surface area contributed by atoms with Gasteiger partial charge >= 0.3 is 0 Å². The van der Waals surface area contributed by atoms with Gasteiger partial charge in [0.2, 0.25) is 5.91 Å². The predicted molar refractivity (Wildman–Crippen MR) is 114 cm³/mol. The van der Waals surface area contributed by atoms with Crippen LogP contribution in [0.3, 0.4) is 0 Å². The molecule has 0 unspecified atom stereocenters. The summed E-state index contributed by atoms with van der Waals surface area (Å²) in [4.78, 5) is 16.0. The average molecular weight is 386 g/mol. The van der Waals surface area contributed by atoms with Gasteiger partial charge in [0.15, 0.2) is 0 Å². The van der Waals surface area contributed by atoms with Crippen molar-refractivity contribution in [2.75, 3.05) is 6.54 Å². The highest BCUT2D eigenvalue weighted by Gasteiger charge is 2.21. The minimum absolute atomic E-state index is 0.0412. The maximum atomic E-state index is 13.9. The first-order chi connectivity index (χ1) is 14.2. The third-order valence-electron chi connectivity index (χ3n) is 5.22. The third kappa shape index (κ3) is 4.54. The number of nitrogens with one attached hydrogen (secondary N) is 2. The number of rotatable bonds is 7. The number of H-pyrrole nitrogens is 1. The number of aromatic nitrogens is 1. The molecule has 4 heteroatoms. The number of halogens is 1. The van der Waals surface area contributed by atoms with Crippen LogP contribution in [0.2, 0.25) is 0 Å². The van der Waals surface area contributed by atoms with Crippen LogP contribution in [-0.4, -0.2) is 17.4 Å². The summed E-state index contributed by atoms with van der Waals surface area (Å²) in [5.74, 6) is -0.559. The van der Waals surface area contributed by atoms with E-state index >= 15 is 0 Å². The summed E-state index contributed by atoms with van der Waals surface area (Å²) >= 11 is 0. The van der Waals surface area contributed by atoms with Crippen LogP contribution in [0.5, 0.6) is 0 Å². The van der Waals surface area contributed by atoms with Gasteiger partial charge in [-0.15, -0.1) is 0 Å². The van der Waals surface area contributed by atoms with Gasteiger partial charge in [-0.3, -0.25) is 4.79 Å². The number of fused-ring (bicyclic) bond motifs is 1. The van der Waals surface area contributed by atoms with Crippen molar-refractivity contribution in [3.05, 3.63) is 108 Å². The zero-order valence-electron chi connectivity index (χ0n) is 16.1. The van der Waals surface area contributed by atoms with E-state index in [1.54, 1.807) is 6.07 Å². The Balaban J connectivity index is 1.53. The molecule has 0 spiro atoms. The summed E-state index contributed by atoms with van der Waals surface area (Å²) in [6.07, 6.45) is 2.97. The normalized spacial score (nSPS) is 12.0. The molecule has 0 saturated carbocycles. The second-order valence-electron chi connectivity index (χ2n) is 7.19. The number of amides is 1. The van der Waals surface area contributed by atoms with Crippen LogP contribution in [-0.2, 0) is 11.2 Å². The van der Waals surface area contributed by atoms with Gasteiger partial charge < -0.3 is 10.3 Å². The van der Waals surface area contributed by atoms with Gasteiger partial charge in [-0.05, 0) is 41.3 Å². The van der Waals surface area contributed by atoms with Crippen LogP contribution < -0.4 is 5.32 Å². The fourth-order valence-electron chi connectivity index (χ4n) is 3.76. The second kappa shape index (κ2) is 8.74. The van der Waals surface area contributed by atoms with Crippen LogP contribution >= 0.6 is 0 Å². The Morgan fingerprint density at radius 2 is 1.76 bits per heavy atom. The second-order valence-corrected chi connectivity index (χ2v) is 7.19. The Hall–Kier alpha value is -3.40. The lowest BCUT2D eigenvalue weighted by atomic mass is 9.88. The molecule has 1 aromatic heterocycles. The zero-order chi connectivity index (χ0) is 20.1. The van der Waals surface area contributed by atoms with Crippen molar-refractivity contribution in [2.24, 2.45) is 0 Å². The molecule has 4 aromatic rings. The summed E-state index contributed by atoms with van der Waals surface area (Å²) in [5.41, 5.74) is 4.00. The first-order valence-corrected chi connectivity index (χ1v) is 9.83. The van der Waals surface area contributed by atoms with Crippen LogP contribution in [0.4, 0.5) is 4.39 Å². The molecule has 0 saturated heterocycles. The van der Waals surface area contributed by atoms with Crippen molar-refractivity contribution in [3.63, 3.8) is 0 Å². The molecule has 0 aliphatic rings. The van der Waals surface area contributed by atoms with E-state index in [-0.39, 0.29) is 24.1 Å². The molecule has 0 aliphatic heterocycles. The molecular weight excluding hydrogens is 363 g/mol. The summed E-state index contributed by atoms with van der Waals surface area (Å²) in [6, 6.07) is 24.6. The summed E-state index contributed by atoms with van der Waals surface area (Å²) in [5, 5.41) is 4.07. The smallest absolute Gasteiger partial charge is 0.220 e. The van der Waals surface area contributed by atoms with Gasteiger partial charge in [0.05, 0.1) is 0 Å². The zero-order valence-corrected chi connectivity index (χ0v) is 16.1. The number of carbonyl (C=O) groups is 1. The van der Waals surface area contributed by atoms with Gasteiger partial charge in [0.25, 0.3) is 0 Å². The summed E-state index contributed by atoms with van der Waals surface area (Å²) in [7, 11) is 0. The van der Waals surface area contributed by atoms with Gasteiger partial charge in [-0.2, -0.15) is 0 Å². The average Bonchev–Trinajstić information content (AvgIpc) is 3.17. The van der Waals surface area contributed by atoms with Crippen LogP contribution in [0.25, 0.3) is 10.9 Å². The highest BCUT2D eigenvalue weighted by atomic mass is 19.1. The number of benzene rings is 3. The van der Waals surface area contributed by atoms with E-state index < -0.39 is 0 Å². The predicted octanol–water partition coefficient (Wildman–Crippen LogP) is 5.19. The minimum Gasteiger partial charge on any atom is -0.361 e. The fraction of sp³-hybridized carbons (Fsp3) is 0.160. The maximum absolute atomic E-state index is 13.9. The van der Waals surface area contributed by atoms with E-state index in [9.17, 15) is 9.18 Å². The number of hydrogen-bond donors (Lipinski definition) is 2. The van der Waals surface area contributed by atoms with E-state index in [1.807, 2.05) is 66.9 Å². The number of para-hydroxylation sites is 1. The molecule has 2 N–H and O–H groups in total. The first-order valence-electron chi connectivity index (χ1n) is 9.83. The highest BCUT2D eigenvalue weighted by molar-refractivity contribution is 5.86. The van der Waals surface area contributed by atoms with E-state index in [1.165, 1.54) is 17.7 Å². The quantitative estimate of drug-likeness (QED) is 0.451. The molecule has 3 aromatic carbocycles. The lowest BCUT2D eigenvalue weighted by Gasteiger charge is -2.17. The van der Waals surface area contributed by atoms with Gasteiger partial charge in [-0.1, -0.05) is 60.7 Å². The molecular formula is C25H23FN2O. The molecule has 0 radical (unpaired) electrons. The van der Waals surface area contributed by atoms with E-state index in [0.717, 1.165) is 28.5 Å². The summed E-state index contributed by atoms with van der Waals surface area (Å²) < 4.78 is 13.9. The molecule has 4 rings (SSSR count). The molecule has 146 valence electrons. The molecule has 29 heavy (non-hydrogen) atoms. The molecule has 3 nitrogen and oxygen atoms in total. The number of carbonyl (C=O) groups excluding carboxylic acids is 1. The summed E-state index contributed by atoms with van der Waals surface area (Å²) in [6.45, 7) is 0.576. The van der Waals surface area contributed by atoms with Gasteiger partial charge in [0.1, 0.15) is 5.82 Å². The Morgan fingerprint density at radius 3 is 2.59 bits per heavy atom. The highest BCUT2D eigenvalue weighted by Crippen LogP contribution is 2.33. The lowest BCUT2D eigenvalue weighted by Crippen LogP contribution is -2.27. The molecule has 0 bridgehead atoms. The SMILES string of the molecule is O=C(C[C@@H](c1cccc(F)c1)c1c[nH]c2ccccc12)NCCc1ccccc1. The van der Waals surface area contributed by atoms with Crippen molar-refractivity contribution in [1.29, 1.82) is 0 Å². The van der Waals surface area contributed by atoms with E-state index in [4.69, 9.17) is 0 Å². The van der Waals surface area contributed by atoms with Crippen molar-refractivity contribution >= 4 is 16.8 Å². The van der Waals surface area contributed by atoms with Crippen LogP contribution in [0, 0.1) is 5.82 Å². The van der Waals surface area contributed by atoms with E-state index in [2.05, 4.69) is 10.3 Å². The molecule has 1 amide bonds. The molecule has 1 heterocycles. The maximum Gasteiger partial charge on any atom is 0.220 e. The van der Waals surface area contributed by atoms with Gasteiger partial charge in [-0.25, -0.2) is 4.39 Å². The van der Waals surface area contributed by atoms with Crippen molar-refractivity contribution in [1.82, 2.24) is 10.3 Å². The lowest BCUT2D eigenvalue weighted by molar-refractivity contribution is -0.121. The minimum atomic E-state index is -0.295. The first kappa shape index (κ1) is 18.9. The van der Waals surface area contributed by atoms with Crippen LogP contribution in [0.1, 0.15) is 29.0 Å². The van der Waals surface area contributed by atoms with Crippen LogP contribution in [0.15, 0.2) is 85.1 Å². The topological polar surface area (TPSA) is 44.9 Å². The van der Waals surface area contributed by atoms with Crippen molar-refractivity contribution in [2.45, 2.75) is 18.8 Å². The number of hydrogen-bond acceptors (Lipinski definition) is 1. The Labute approximate surface area is 169 Å². The third-order valence-corrected chi connectivity index (χ3v) is 5.22. The fourth-order valence-corrected chi connectivity index (χ4v) is 3.76. The molecule has 1 atom stereocenters. The standard InChI is InChI=1S/C25H23FN2O/c26-20-10-6-9-19(15-20)22(23-17-28-24-12-5-4-11-21(23)24)16-25(29)27-14-13-18-7-2-1-3-8-18/h1-12,15,17,22,28H,13-14,16H2,(H,27,29)/t22-/m0/s1. The Bertz CT molecular complexity index is 1100.